The van der Waals surface area contributed by atoms with Gasteiger partial charge in [0.2, 0.25) is 10.0 Å². The molecule has 1 unspecified atom stereocenters. The fourth-order valence-corrected chi connectivity index (χ4v) is 2.39. The Kier molecular flexibility index (Phi) is 4.60. The maximum atomic E-state index is 13.1. The molecule has 8 heteroatoms. The van der Waals surface area contributed by atoms with Gasteiger partial charge in [0, 0.05) is 6.54 Å². The van der Waals surface area contributed by atoms with Crippen molar-refractivity contribution in [1.82, 2.24) is 0 Å². The summed E-state index contributed by atoms with van der Waals surface area (Å²) in [6.45, 7) is 1.42. The summed E-state index contributed by atoms with van der Waals surface area (Å²) in [5, 5.41) is -1.28. The molecule has 0 fully saturated rings. The Morgan fingerprint density at radius 1 is 1.41 bits per heavy atom. The third kappa shape index (κ3) is 3.45. The van der Waals surface area contributed by atoms with Gasteiger partial charge in [0.25, 0.3) is 0 Å². The quantitative estimate of drug-likeness (QED) is 0.838. The lowest BCUT2D eigenvalue weighted by Gasteiger charge is -2.13. The van der Waals surface area contributed by atoms with E-state index in [1.54, 1.807) is 0 Å². The number of hydrogen-bond donors (Lipinski definition) is 2. The van der Waals surface area contributed by atoms with Crippen LogP contribution in [0, 0.1) is 5.82 Å². The highest BCUT2D eigenvalue weighted by molar-refractivity contribution is 7.93. The summed E-state index contributed by atoms with van der Waals surface area (Å²) in [4.78, 5) is 0. The Morgan fingerprint density at radius 2 is 1.88 bits per heavy atom. The van der Waals surface area contributed by atoms with E-state index in [0.29, 0.717) is 0 Å². The van der Waals surface area contributed by atoms with Gasteiger partial charge in [-0.25, -0.2) is 12.8 Å². The highest BCUT2D eigenvalue weighted by Gasteiger charge is 2.20. The van der Waals surface area contributed by atoms with Crippen molar-refractivity contribution in [3.8, 4) is 0 Å². The molecule has 1 aromatic rings. The molecular weight excluding hydrogens is 290 g/mol. The van der Waals surface area contributed by atoms with Crippen LogP contribution in [0.25, 0.3) is 0 Å². The molecule has 0 amide bonds. The summed E-state index contributed by atoms with van der Waals surface area (Å²) < 4.78 is 38.7. The van der Waals surface area contributed by atoms with E-state index in [4.69, 9.17) is 28.9 Å². The van der Waals surface area contributed by atoms with Crippen molar-refractivity contribution in [3.63, 3.8) is 0 Å². The van der Waals surface area contributed by atoms with Crippen LogP contribution >= 0.6 is 23.2 Å². The topological polar surface area (TPSA) is 72.2 Å². The molecule has 0 saturated carbocycles. The van der Waals surface area contributed by atoms with Crippen molar-refractivity contribution in [3.05, 3.63) is 28.0 Å². The monoisotopic (exact) mass is 300 g/mol. The predicted molar refractivity (Wildman–Crippen MR) is 67.5 cm³/mol. The summed E-state index contributed by atoms with van der Waals surface area (Å²) >= 11 is 11.1. The number of sulfonamides is 1. The van der Waals surface area contributed by atoms with Gasteiger partial charge < -0.3 is 5.73 Å². The average molecular weight is 301 g/mol. The van der Waals surface area contributed by atoms with E-state index in [0.717, 1.165) is 12.1 Å². The summed E-state index contributed by atoms with van der Waals surface area (Å²) in [6, 6.07) is 2.28. The smallest absolute Gasteiger partial charge is 0.236 e. The zero-order valence-corrected chi connectivity index (χ0v) is 11.2. The van der Waals surface area contributed by atoms with E-state index in [2.05, 4.69) is 4.72 Å². The lowest BCUT2D eigenvalue weighted by Crippen LogP contribution is -2.31. The van der Waals surface area contributed by atoms with Crippen LogP contribution in [0.3, 0.4) is 0 Å². The lowest BCUT2D eigenvalue weighted by atomic mass is 10.3. The number of nitrogens with two attached hydrogens (primary N) is 1. The van der Waals surface area contributed by atoms with Crippen LogP contribution in [-0.4, -0.2) is 20.2 Å². The molecule has 0 bridgehead atoms. The van der Waals surface area contributed by atoms with Gasteiger partial charge in [0.05, 0.1) is 21.0 Å². The molecule has 96 valence electrons. The van der Waals surface area contributed by atoms with Gasteiger partial charge in [-0.2, -0.15) is 0 Å². The minimum Gasteiger partial charge on any atom is -0.329 e. The average Bonchev–Trinajstić information content (AvgIpc) is 2.24. The van der Waals surface area contributed by atoms with E-state index in [1.165, 1.54) is 6.92 Å². The maximum absolute atomic E-state index is 13.1. The lowest BCUT2D eigenvalue weighted by molar-refractivity contribution is 0.589. The summed E-state index contributed by atoms with van der Waals surface area (Å²) in [5.74, 6) is -0.789. The molecule has 0 heterocycles. The van der Waals surface area contributed by atoms with Crippen LogP contribution in [0.2, 0.25) is 10.0 Å². The highest BCUT2D eigenvalue weighted by atomic mass is 35.5. The second-order valence-corrected chi connectivity index (χ2v) is 6.36. The summed E-state index contributed by atoms with van der Waals surface area (Å²) in [6.07, 6.45) is 0. The van der Waals surface area contributed by atoms with Crippen LogP contribution < -0.4 is 10.5 Å². The van der Waals surface area contributed by atoms with E-state index in [1.807, 2.05) is 0 Å². The third-order valence-electron chi connectivity index (χ3n) is 2.11. The highest BCUT2D eigenvalue weighted by Crippen LogP contribution is 2.28. The zero-order valence-electron chi connectivity index (χ0n) is 8.88. The SMILES string of the molecule is CC(CN)S(=O)(=O)Nc1cc(Cl)c(F)c(Cl)c1. The molecule has 4 nitrogen and oxygen atoms in total. The molecular formula is C9H11Cl2FN2O2S. The maximum Gasteiger partial charge on any atom is 0.236 e. The molecule has 0 aliphatic heterocycles. The number of hydrogen-bond acceptors (Lipinski definition) is 3. The Labute approximate surface area is 109 Å². The zero-order chi connectivity index (χ0) is 13.2. The van der Waals surface area contributed by atoms with E-state index >= 15 is 0 Å². The Hall–Kier alpha value is -0.560. The van der Waals surface area contributed by atoms with Gasteiger partial charge in [0.15, 0.2) is 5.82 Å². The van der Waals surface area contributed by atoms with Gasteiger partial charge in [-0.1, -0.05) is 23.2 Å². The van der Waals surface area contributed by atoms with E-state index in [-0.39, 0.29) is 22.3 Å². The van der Waals surface area contributed by atoms with Crippen LogP contribution in [0.15, 0.2) is 12.1 Å². The van der Waals surface area contributed by atoms with Crippen LogP contribution in [0.5, 0.6) is 0 Å². The Bertz CT molecular complexity index is 499. The summed E-state index contributed by atoms with van der Waals surface area (Å²) in [5.41, 5.74) is 5.36. The molecule has 1 atom stereocenters. The first kappa shape index (κ1) is 14.5. The standard InChI is InChI=1S/C9H11Cl2FN2O2S/c1-5(4-13)17(15,16)14-6-2-7(10)9(12)8(11)3-6/h2-3,5,14H,4,13H2,1H3. The molecule has 3 N–H and O–H groups in total. The van der Waals surface area contributed by atoms with Crippen molar-refractivity contribution in [2.45, 2.75) is 12.2 Å². The molecule has 1 rings (SSSR count). The van der Waals surface area contributed by atoms with Crippen molar-refractivity contribution < 1.29 is 12.8 Å². The number of rotatable bonds is 4. The van der Waals surface area contributed by atoms with Gasteiger partial charge in [-0.3, -0.25) is 4.72 Å². The van der Waals surface area contributed by atoms with Gasteiger partial charge in [0.1, 0.15) is 0 Å². The fraction of sp³-hybridized carbons (Fsp3) is 0.333. The van der Waals surface area contributed by atoms with Crippen LogP contribution in [0.4, 0.5) is 10.1 Å². The van der Waals surface area contributed by atoms with Crippen LogP contribution in [-0.2, 0) is 10.0 Å². The van der Waals surface area contributed by atoms with Crippen molar-refractivity contribution in [2.75, 3.05) is 11.3 Å². The number of halogens is 3. The largest absolute Gasteiger partial charge is 0.329 e. The second kappa shape index (κ2) is 5.39. The Morgan fingerprint density at radius 3 is 2.29 bits per heavy atom. The second-order valence-electron chi connectivity index (χ2n) is 3.45. The number of anilines is 1. The van der Waals surface area contributed by atoms with E-state index < -0.39 is 21.1 Å². The first-order valence-electron chi connectivity index (χ1n) is 4.64. The minimum absolute atomic E-state index is 0.0298. The third-order valence-corrected chi connectivity index (χ3v) is 4.43. The minimum atomic E-state index is -3.62. The molecule has 17 heavy (non-hydrogen) atoms. The van der Waals surface area contributed by atoms with Crippen molar-refractivity contribution in [2.24, 2.45) is 5.73 Å². The first-order valence-corrected chi connectivity index (χ1v) is 6.94. The normalized spacial score (nSPS) is 13.5. The molecule has 0 aromatic heterocycles. The first-order chi connectivity index (χ1) is 7.77. The van der Waals surface area contributed by atoms with E-state index in [9.17, 15) is 12.8 Å². The predicted octanol–water partition coefficient (Wildman–Crippen LogP) is 2.22. The van der Waals surface area contributed by atoms with Crippen molar-refractivity contribution in [1.29, 1.82) is 0 Å². The molecule has 1 aromatic carbocycles. The molecule has 0 spiro atoms. The fourth-order valence-electron chi connectivity index (χ4n) is 1.01. The molecule has 0 saturated heterocycles. The molecule has 0 aliphatic carbocycles. The van der Waals surface area contributed by atoms with Gasteiger partial charge >= 0.3 is 0 Å². The van der Waals surface area contributed by atoms with Crippen LogP contribution in [0.1, 0.15) is 6.92 Å². The Balaban J connectivity index is 3.05. The van der Waals surface area contributed by atoms with Gasteiger partial charge in [-0.05, 0) is 19.1 Å². The summed E-state index contributed by atoms with van der Waals surface area (Å²) in [7, 11) is -3.62. The van der Waals surface area contributed by atoms with Gasteiger partial charge in [-0.15, -0.1) is 0 Å². The molecule has 0 radical (unpaired) electrons. The number of nitrogens with one attached hydrogen (secondary N) is 1. The van der Waals surface area contributed by atoms with Crippen molar-refractivity contribution >= 4 is 38.9 Å². The molecule has 0 aliphatic rings. The number of benzene rings is 1.